The predicted molar refractivity (Wildman–Crippen MR) is 152 cm³/mol. The molecule has 0 saturated carbocycles. The Morgan fingerprint density at radius 3 is 2.26 bits per heavy atom. The van der Waals surface area contributed by atoms with Crippen LogP contribution in [-0.4, -0.2) is 81.2 Å². The van der Waals surface area contributed by atoms with Crippen molar-refractivity contribution in [2.24, 2.45) is 0 Å². The lowest BCUT2D eigenvalue weighted by Gasteiger charge is -2.44. The van der Waals surface area contributed by atoms with Crippen molar-refractivity contribution >= 4 is 35.9 Å². The Labute approximate surface area is 233 Å². The van der Waals surface area contributed by atoms with Crippen molar-refractivity contribution in [2.45, 2.75) is 32.3 Å². The molecule has 0 amide bonds. The summed E-state index contributed by atoms with van der Waals surface area (Å²) < 4.78 is 29.0. The van der Waals surface area contributed by atoms with Crippen LogP contribution >= 0.6 is 12.4 Å². The molecule has 3 aromatic rings. The van der Waals surface area contributed by atoms with Crippen LogP contribution in [0.25, 0.3) is 11.9 Å². The van der Waals surface area contributed by atoms with Crippen molar-refractivity contribution in [2.75, 3.05) is 61.3 Å². The number of nitrogen functional groups attached to an aromatic ring is 1. The number of anilines is 3. The molecule has 2 aliphatic rings. The quantitative estimate of drug-likeness (QED) is 0.453. The first kappa shape index (κ1) is 28.7. The molecule has 0 aliphatic carbocycles. The molecular formula is C27H35ClF2N8O. The maximum Gasteiger partial charge on any atom is 0.224 e. The van der Waals surface area contributed by atoms with Gasteiger partial charge in [0.2, 0.25) is 5.95 Å². The third-order valence-corrected chi connectivity index (χ3v) is 6.95. The normalized spacial score (nSPS) is 17.5. The van der Waals surface area contributed by atoms with Crippen LogP contribution in [0, 0.1) is 11.6 Å². The number of nitrogens with zero attached hydrogens (tertiary/aromatic N) is 7. The van der Waals surface area contributed by atoms with E-state index in [2.05, 4.69) is 46.0 Å². The molecule has 12 heteroatoms. The molecular weight excluding hydrogens is 526 g/mol. The zero-order valence-electron chi connectivity index (χ0n) is 22.4. The Kier molecular flexibility index (Phi) is 8.43. The van der Waals surface area contributed by atoms with Crippen molar-refractivity contribution in [3.8, 4) is 5.82 Å². The Bertz CT molecular complexity index is 1310. The van der Waals surface area contributed by atoms with Crippen LogP contribution in [0.4, 0.5) is 26.2 Å². The molecule has 0 radical (unpaired) electrons. The van der Waals surface area contributed by atoms with E-state index < -0.39 is 17.2 Å². The highest BCUT2D eigenvalue weighted by Gasteiger charge is 2.37. The summed E-state index contributed by atoms with van der Waals surface area (Å²) in [6.45, 7) is 10.7. The van der Waals surface area contributed by atoms with Crippen LogP contribution in [0.5, 0.6) is 0 Å². The van der Waals surface area contributed by atoms with Gasteiger partial charge < -0.3 is 20.6 Å². The van der Waals surface area contributed by atoms with E-state index in [4.69, 9.17) is 5.73 Å². The van der Waals surface area contributed by atoms with Crippen LogP contribution in [0.2, 0.25) is 0 Å². The summed E-state index contributed by atoms with van der Waals surface area (Å²) in [4.78, 5) is 15.1. The summed E-state index contributed by atoms with van der Waals surface area (Å²) in [5.74, 6) is 0.486. The second-order valence-corrected chi connectivity index (χ2v) is 10.7. The fourth-order valence-electron chi connectivity index (χ4n) is 5.15. The average Bonchev–Trinajstić information content (AvgIpc) is 3.26. The molecule has 5 rings (SSSR count). The van der Waals surface area contributed by atoms with Gasteiger partial charge in [-0.05, 0) is 25.0 Å². The summed E-state index contributed by atoms with van der Waals surface area (Å²) in [5.41, 5.74) is 7.90. The van der Waals surface area contributed by atoms with E-state index in [1.165, 1.54) is 12.1 Å². The number of nitrogens with two attached hydrogens (primary N) is 1. The van der Waals surface area contributed by atoms with Gasteiger partial charge in [0.15, 0.2) is 5.82 Å². The highest BCUT2D eigenvalue weighted by Crippen LogP contribution is 2.29. The fraction of sp³-hybridized carbons (Fsp3) is 0.444. The first-order valence-electron chi connectivity index (χ1n) is 12.9. The van der Waals surface area contributed by atoms with E-state index in [0.717, 1.165) is 37.0 Å². The minimum atomic E-state index is -0.726. The molecule has 9 nitrogen and oxygen atoms in total. The lowest BCUT2D eigenvalue weighted by atomic mass is 9.97. The topological polar surface area (TPSA) is 99.6 Å². The van der Waals surface area contributed by atoms with Crippen LogP contribution in [0.1, 0.15) is 37.9 Å². The molecule has 4 heterocycles. The molecule has 2 aromatic heterocycles. The number of piperazine rings is 1. The number of halogens is 3. The first-order chi connectivity index (χ1) is 18.1. The monoisotopic (exact) mass is 560 g/mol. The fourth-order valence-corrected chi connectivity index (χ4v) is 5.15. The zero-order valence-corrected chi connectivity index (χ0v) is 23.2. The number of aliphatic hydroxyl groups is 1. The molecule has 0 spiro atoms. The molecule has 2 saturated heterocycles. The van der Waals surface area contributed by atoms with Gasteiger partial charge in [-0.25, -0.2) is 13.5 Å². The maximum absolute atomic E-state index is 13.6. The Balaban J connectivity index is 0.00000353. The highest BCUT2D eigenvalue weighted by atomic mass is 35.5. The van der Waals surface area contributed by atoms with E-state index in [1.807, 2.05) is 22.1 Å². The molecule has 1 aromatic carbocycles. The summed E-state index contributed by atoms with van der Waals surface area (Å²) in [6.07, 6.45) is 6.02. The third-order valence-electron chi connectivity index (χ3n) is 6.95. The summed E-state index contributed by atoms with van der Waals surface area (Å²) >= 11 is 0. The predicted octanol–water partition coefficient (Wildman–Crippen LogP) is 3.47. The minimum absolute atomic E-state index is 0. The Hall–Kier alpha value is -3.28. The molecule has 39 heavy (non-hydrogen) atoms. The van der Waals surface area contributed by atoms with Crippen LogP contribution in [0.3, 0.4) is 0 Å². The van der Waals surface area contributed by atoms with Gasteiger partial charge in [0.05, 0.1) is 17.5 Å². The minimum Gasteiger partial charge on any atom is -0.386 e. The lowest BCUT2D eigenvalue weighted by Crippen LogP contribution is -2.60. The van der Waals surface area contributed by atoms with Crippen LogP contribution < -0.4 is 15.5 Å². The number of hydrogen-bond donors (Lipinski definition) is 2. The Morgan fingerprint density at radius 1 is 1.00 bits per heavy atom. The number of β-amino-alcohol motifs (C(OH)–C–C–N with tert-alkyl or cyclic N) is 1. The van der Waals surface area contributed by atoms with Gasteiger partial charge in [0.25, 0.3) is 0 Å². The third kappa shape index (κ3) is 6.48. The number of hydrogen-bond acceptors (Lipinski definition) is 8. The molecule has 2 fully saturated rings. The van der Waals surface area contributed by atoms with Crippen molar-refractivity contribution < 1.29 is 13.9 Å². The van der Waals surface area contributed by atoms with Crippen LogP contribution in [-0.2, 0) is 0 Å². The highest BCUT2D eigenvalue weighted by molar-refractivity contribution is 5.85. The molecule has 3 N–H and O–H groups in total. The van der Waals surface area contributed by atoms with E-state index in [-0.39, 0.29) is 24.3 Å². The van der Waals surface area contributed by atoms with E-state index in [0.29, 0.717) is 43.5 Å². The number of aromatic nitrogens is 4. The summed E-state index contributed by atoms with van der Waals surface area (Å²) in [6, 6.07) is 5.51. The lowest BCUT2D eigenvalue weighted by molar-refractivity contribution is 0.0305. The molecule has 0 atom stereocenters. The van der Waals surface area contributed by atoms with E-state index in [9.17, 15) is 13.9 Å². The second-order valence-electron chi connectivity index (χ2n) is 10.7. The standard InChI is InChI=1S/C27H34F2N8O.ClH/c1-18(2)25-19(5-4-6-34-7-9-35(10-8-34)22-12-20(28)11-21(29)13-22)15-31-37(25)24-14-23(32-26(30)33-24)36-16-27(3,38)17-36;/h4-5,11-15,18,38H,6-10,16-17H2,1-3H3,(H2,30,32,33);1H/b5-4+;. The largest absolute Gasteiger partial charge is 0.386 e. The molecule has 2 aliphatic heterocycles. The molecule has 0 bridgehead atoms. The van der Waals surface area contributed by atoms with E-state index in [1.54, 1.807) is 11.6 Å². The van der Waals surface area contributed by atoms with Gasteiger partial charge in [-0.2, -0.15) is 15.1 Å². The van der Waals surface area contributed by atoms with Crippen molar-refractivity contribution in [3.63, 3.8) is 0 Å². The summed E-state index contributed by atoms with van der Waals surface area (Å²) in [5, 5.41) is 14.7. The number of benzene rings is 1. The van der Waals surface area contributed by atoms with Gasteiger partial charge in [-0.3, -0.25) is 4.90 Å². The van der Waals surface area contributed by atoms with Crippen molar-refractivity contribution in [3.05, 3.63) is 59.4 Å². The number of rotatable bonds is 7. The zero-order chi connectivity index (χ0) is 27.0. The Morgan fingerprint density at radius 2 is 1.64 bits per heavy atom. The summed E-state index contributed by atoms with van der Waals surface area (Å²) in [7, 11) is 0. The second kappa shape index (κ2) is 11.4. The van der Waals surface area contributed by atoms with Crippen molar-refractivity contribution in [1.29, 1.82) is 0 Å². The first-order valence-corrected chi connectivity index (χ1v) is 12.9. The SMILES string of the molecule is CC(C)c1c(/C=C/CN2CCN(c3cc(F)cc(F)c3)CC2)cnn1-c1cc(N2CC(C)(O)C2)nc(N)n1.Cl. The van der Waals surface area contributed by atoms with Gasteiger partial charge in [-0.15, -0.1) is 12.4 Å². The van der Waals surface area contributed by atoms with E-state index >= 15 is 0 Å². The smallest absolute Gasteiger partial charge is 0.224 e. The van der Waals surface area contributed by atoms with Crippen LogP contribution in [0.15, 0.2) is 36.5 Å². The van der Waals surface area contributed by atoms with Crippen molar-refractivity contribution in [1.82, 2.24) is 24.6 Å². The van der Waals surface area contributed by atoms with Gasteiger partial charge in [-0.1, -0.05) is 26.0 Å². The molecule has 210 valence electrons. The maximum atomic E-state index is 13.6. The molecule has 0 unspecified atom stereocenters. The van der Waals surface area contributed by atoms with Gasteiger partial charge in [0, 0.05) is 69.2 Å². The average molecular weight is 561 g/mol. The van der Waals surface area contributed by atoms with Gasteiger partial charge in [0.1, 0.15) is 17.5 Å². The van der Waals surface area contributed by atoms with Gasteiger partial charge >= 0.3 is 0 Å².